The first-order chi connectivity index (χ1) is 12.4. The molecule has 0 bridgehead atoms. The summed E-state index contributed by atoms with van der Waals surface area (Å²) in [7, 11) is 0. The third kappa shape index (κ3) is 4.17. The fourth-order valence-electron chi connectivity index (χ4n) is 2.89. The molecule has 0 aliphatic heterocycles. The molecule has 0 saturated carbocycles. The molecule has 0 spiro atoms. The number of rotatable bonds is 4. The minimum absolute atomic E-state index is 0.0668. The Kier molecular flexibility index (Phi) is 5.17. The van der Waals surface area contributed by atoms with Crippen molar-refractivity contribution in [3.63, 3.8) is 0 Å². The molecular formula is C23H24N2O. The van der Waals surface area contributed by atoms with Gasteiger partial charge in [-0.1, -0.05) is 69.3 Å². The summed E-state index contributed by atoms with van der Waals surface area (Å²) in [4.78, 5) is 17.0. The van der Waals surface area contributed by atoms with E-state index in [1.807, 2.05) is 66.7 Å². The highest BCUT2D eigenvalue weighted by Gasteiger charge is 2.19. The van der Waals surface area contributed by atoms with Crippen LogP contribution in [-0.4, -0.2) is 10.9 Å². The number of hydrogen-bond donors (Lipinski definition) is 1. The van der Waals surface area contributed by atoms with Crippen LogP contribution in [0, 0.1) is 0 Å². The number of pyridine rings is 1. The van der Waals surface area contributed by atoms with Crippen molar-refractivity contribution in [2.45, 2.75) is 32.2 Å². The van der Waals surface area contributed by atoms with E-state index < -0.39 is 0 Å². The zero-order valence-corrected chi connectivity index (χ0v) is 15.4. The molecule has 1 amide bonds. The fraction of sp³-hybridized carbons (Fsp3) is 0.217. The molecule has 3 rings (SSSR count). The van der Waals surface area contributed by atoms with Gasteiger partial charge in [0.2, 0.25) is 0 Å². The van der Waals surface area contributed by atoms with Crippen LogP contribution in [0.15, 0.2) is 79.1 Å². The van der Waals surface area contributed by atoms with Crippen molar-refractivity contribution >= 4 is 5.91 Å². The number of hydrogen-bond acceptors (Lipinski definition) is 2. The summed E-state index contributed by atoms with van der Waals surface area (Å²) in [6, 6.07) is 21.4. The molecule has 1 heterocycles. The molecular weight excluding hydrogens is 320 g/mol. The quantitative estimate of drug-likeness (QED) is 0.731. The SMILES string of the molecule is CC(C)(C)c1ccc(C(=O)NC(c2ccccc2)c2cccnc2)cc1. The lowest BCUT2D eigenvalue weighted by molar-refractivity contribution is 0.0943. The van der Waals surface area contributed by atoms with E-state index in [-0.39, 0.29) is 17.4 Å². The monoisotopic (exact) mass is 344 g/mol. The number of aromatic nitrogens is 1. The van der Waals surface area contributed by atoms with Crippen molar-refractivity contribution in [3.05, 3.63) is 101 Å². The Morgan fingerprint density at radius 2 is 1.54 bits per heavy atom. The molecule has 0 radical (unpaired) electrons. The molecule has 1 unspecified atom stereocenters. The molecule has 0 fully saturated rings. The highest BCUT2D eigenvalue weighted by atomic mass is 16.1. The third-order valence-electron chi connectivity index (χ3n) is 4.44. The maximum absolute atomic E-state index is 12.8. The van der Waals surface area contributed by atoms with Crippen LogP contribution in [0.5, 0.6) is 0 Å². The number of carbonyl (C=O) groups excluding carboxylic acids is 1. The second-order valence-corrected chi connectivity index (χ2v) is 7.43. The average molecular weight is 344 g/mol. The summed E-state index contributed by atoms with van der Waals surface area (Å²) in [6.45, 7) is 6.49. The first-order valence-electron chi connectivity index (χ1n) is 8.81. The van der Waals surface area contributed by atoms with Gasteiger partial charge < -0.3 is 5.32 Å². The Hall–Kier alpha value is -2.94. The number of nitrogens with zero attached hydrogens (tertiary/aromatic N) is 1. The van der Waals surface area contributed by atoms with E-state index in [4.69, 9.17) is 0 Å². The van der Waals surface area contributed by atoms with Crippen molar-refractivity contribution in [1.82, 2.24) is 10.3 Å². The second-order valence-electron chi connectivity index (χ2n) is 7.43. The number of carbonyl (C=O) groups is 1. The highest BCUT2D eigenvalue weighted by Crippen LogP contribution is 2.24. The van der Waals surface area contributed by atoms with E-state index in [9.17, 15) is 4.79 Å². The Balaban J connectivity index is 1.86. The third-order valence-corrected chi connectivity index (χ3v) is 4.44. The van der Waals surface area contributed by atoms with Crippen LogP contribution in [0.1, 0.15) is 53.9 Å². The zero-order valence-electron chi connectivity index (χ0n) is 15.4. The van der Waals surface area contributed by atoms with Gasteiger partial charge in [0.15, 0.2) is 0 Å². The molecule has 1 aromatic heterocycles. The molecule has 132 valence electrons. The Morgan fingerprint density at radius 1 is 0.885 bits per heavy atom. The standard InChI is InChI=1S/C23H24N2O/c1-23(2,3)20-13-11-18(12-14-20)22(26)25-21(17-8-5-4-6-9-17)19-10-7-15-24-16-19/h4-16,21H,1-3H3,(H,25,26). The maximum atomic E-state index is 12.8. The average Bonchev–Trinajstić information content (AvgIpc) is 2.67. The Bertz CT molecular complexity index is 811. The van der Waals surface area contributed by atoms with Crippen molar-refractivity contribution in [2.24, 2.45) is 0 Å². The Labute approximate surface area is 155 Å². The summed E-state index contributed by atoms with van der Waals surface area (Å²) in [5, 5.41) is 3.15. The molecule has 0 saturated heterocycles. The van der Waals surface area contributed by atoms with Crippen molar-refractivity contribution in [3.8, 4) is 0 Å². The predicted octanol–water partition coefficient (Wildman–Crippen LogP) is 4.90. The molecule has 0 aliphatic rings. The summed E-state index contributed by atoms with van der Waals surface area (Å²) in [6.07, 6.45) is 3.53. The maximum Gasteiger partial charge on any atom is 0.252 e. The topological polar surface area (TPSA) is 42.0 Å². The van der Waals surface area contributed by atoms with Crippen molar-refractivity contribution in [2.75, 3.05) is 0 Å². The van der Waals surface area contributed by atoms with Gasteiger partial charge in [0.25, 0.3) is 5.91 Å². The predicted molar refractivity (Wildman–Crippen MR) is 105 cm³/mol. The molecule has 2 aromatic carbocycles. The van der Waals surface area contributed by atoms with Crippen LogP contribution in [-0.2, 0) is 5.41 Å². The molecule has 3 nitrogen and oxygen atoms in total. The summed E-state index contributed by atoms with van der Waals surface area (Å²) in [5.74, 6) is -0.0943. The van der Waals surface area contributed by atoms with E-state index in [2.05, 4.69) is 31.1 Å². The van der Waals surface area contributed by atoms with Gasteiger partial charge in [0.05, 0.1) is 6.04 Å². The molecule has 0 aliphatic carbocycles. The van der Waals surface area contributed by atoms with Gasteiger partial charge in [-0.05, 0) is 40.3 Å². The van der Waals surface area contributed by atoms with Crippen LogP contribution in [0.25, 0.3) is 0 Å². The van der Waals surface area contributed by atoms with Crippen LogP contribution >= 0.6 is 0 Å². The largest absolute Gasteiger partial charge is 0.341 e. The zero-order chi connectivity index (χ0) is 18.6. The van der Waals surface area contributed by atoms with E-state index in [1.54, 1.807) is 12.4 Å². The minimum Gasteiger partial charge on any atom is -0.341 e. The number of amides is 1. The fourth-order valence-corrected chi connectivity index (χ4v) is 2.89. The van der Waals surface area contributed by atoms with Gasteiger partial charge in [-0.2, -0.15) is 0 Å². The van der Waals surface area contributed by atoms with Crippen molar-refractivity contribution < 1.29 is 4.79 Å². The van der Waals surface area contributed by atoms with Crippen LogP contribution in [0.4, 0.5) is 0 Å². The van der Waals surface area contributed by atoms with E-state index in [0.29, 0.717) is 5.56 Å². The van der Waals surface area contributed by atoms with E-state index in [1.165, 1.54) is 5.56 Å². The smallest absolute Gasteiger partial charge is 0.252 e. The van der Waals surface area contributed by atoms with Gasteiger partial charge in [-0.25, -0.2) is 0 Å². The van der Waals surface area contributed by atoms with Gasteiger partial charge in [0, 0.05) is 18.0 Å². The lowest BCUT2D eigenvalue weighted by Gasteiger charge is -2.21. The minimum atomic E-state index is -0.236. The first-order valence-corrected chi connectivity index (χ1v) is 8.81. The van der Waals surface area contributed by atoms with Gasteiger partial charge in [-0.15, -0.1) is 0 Å². The molecule has 1 N–H and O–H groups in total. The highest BCUT2D eigenvalue weighted by molar-refractivity contribution is 5.94. The second kappa shape index (κ2) is 7.52. The van der Waals surface area contributed by atoms with E-state index >= 15 is 0 Å². The van der Waals surface area contributed by atoms with Crippen LogP contribution < -0.4 is 5.32 Å². The van der Waals surface area contributed by atoms with Gasteiger partial charge in [-0.3, -0.25) is 9.78 Å². The lowest BCUT2D eigenvalue weighted by atomic mass is 9.86. The number of benzene rings is 2. The lowest BCUT2D eigenvalue weighted by Crippen LogP contribution is -2.29. The first kappa shape index (κ1) is 17.9. The summed E-state index contributed by atoms with van der Waals surface area (Å²) < 4.78 is 0. The van der Waals surface area contributed by atoms with E-state index in [0.717, 1.165) is 11.1 Å². The van der Waals surface area contributed by atoms with Gasteiger partial charge >= 0.3 is 0 Å². The Morgan fingerprint density at radius 3 is 2.12 bits per heavy atom. The summed E-state index contributed by atoms with van der Waals surface area (Å²) >= 11 is 0. The van der Waals surface area contributed by atoms with Crippen LogP contribution in [0.3, 0.4) is 0 Å². The van der Waals surface area contributed by atoms with Crippen LogP contribution in [0.2, 0.25) is 0 Å². The molecule has 1 atom stereocenters. The van der Waals surface area contributed by atoms with Gasteiger partial charge in [0.1, 0.15) is 0 Å². The molecule has 3 heteroatoms. The van der Waals surface area contributed by atoms with Crippen molar-refractivity contribution in [1.29, 1.82) is 0 Å². The summed E-state index contributed by atoms with van der Waals surface area (Å²) in [5.41, 5.74) is 3.92. The number of nitrogens with one attached hydrogen (secondary N) is 1. The molecule has 3 aromatic rings. The normalized spacial score (nSPS) is 12.4. The molecule has 26 heavy (non-hydrogen) atoms.